The first-order chi connectivity index (χ1) is 14.1. The fourth-order valence-electron chi connectivity index (χ4n) is 3.07. The number of rotatable bonds is 6. The number of benzene rings is 2. The Hall–Kier alpha value is -3.26. The first kappa shape index (κ1) is 19.1. The van der Waals surface area contributed by atoms with E-state index in [1.54, 1.807) is 31.2 Å². The van der Waals surface area contributed by atoms with Gasteiger partial charge in [-0.05, 0) is 31.2 Å². The molecular formula is C21H16FNO5S. The van der Waals surface area contributed by atoms with Gasteiger partial charge in [-0.2, -0.15) is 0 Å². The number of carbonyl (C=O) groups excluding carboxylic acids is 2. The Kier molecular flexibility index (Phi) is 5.26. The third kappa shape index (κ3) is 3.71. The van der Waals surface area contributed by atoms with Gasteiger partial charge in [0.15, 0.2) is 5.58 Å². The number of ether oxygens (including phenoxy) is 2. The quantitative estimate of drug-likeness (QED) is 0.429. The average molecular weight is 413 g/mol. The molecule has 0 radical (unpaired) electrons. The first-order valence-electron chi connectivity index (χ1n) is 8.94. The van der Waals surface area contributed by atoms with Crippen molar-refractivity contribution in [3.8, 4) is 0 Å². The van der Waals surface area contributed by atoms with Crippen LogP contribution < -0.4 is 0 Å². The zero-order chi connectivity index (χ0) is 20.4. The number of para-hydroxylation sites is 1. The summed E-state index contributed by atoms with van der Waals surface area (Å²) in [6.45, 7) is 1.63. The molecule has 29 heavy (non-hydrogen) atoms. The minimum absolute atomic E-state index is 0.101. The van der Waals surface area contributed by atoms with Crippen LogP contribution in [0.5, 0.6) is 0 Å². The van der Waals surface area contributed by atoms with Gasteiger partial charge in [-0.1, -0.05) is 23.4 Å². The summed E-state index contributed by atoms with van der Waals surface area (Å²) in [5.74, 6) is -1.61. The van der Waals surface area contributed by atoms with Gasteiger partial charge in [-0.15, -0.1) is 11.3 Å². The van der Waals surface area contributed by atoms with Gasteiger partial charge in [0, 0.05) is 21.0 Å². The maximum absolute atomic E-state index is 14.4. The highest BCUT2D eigenvalue weighted by atomic mass is 32.1. The fraction of sp³-hybridized carbons (Fsp3) is 0.190. The lowest BCUT2D eigenvalue weighted by Gasteiger charge is -2.07. The van der Waals surface area contributed by atoms with Crippen molar-refractivity contribution < 1.29 is 28.0 Å². The highest BCUT2D eigenvalue weighted by Gasteiger charge is 2.23. The highest BCUT2D eigenvalue weighted by Crippen LogP contribution is 2.34. The van der Waals surface area contributed by atoms with Crippen molar-refractivity contribution in [2.75, 3.05) is 6.61 Å². The van der Waals surface area contributed by atoms with Crippen LogP contribution in [0, 0.1) is 5.82 Å². The normalized spacial score (nSPS) is 11.1. The SMILES string of the molecule is CCOC(=O)c1sc2cccc(F)c2c1COC(=O)Cc1noc2ccccc12. The van der Waals surface area contributed by atoms with Gasteiger partial charge in [0.1, 0.15) is 23.0 Å². The molecule has 0 saturated carbocycles. The van der Waals surface area contributed by atoms with Crippen LogP contribution in [0.15, 0.2) is 47.0 Å². The summed E-state index contributed by atoms with van der Waals surface area (Å²) in [6.07, 6.45) is -0.101. The van der Waals surface area contributed by atoms with Gasteiger partial charge in [0.25, 0.3) is 0 Å². The lowest BCUT2D eigenvalue weighted by Crippen LogP contribution is -2.11. The van der Waals surface area contributed by atoms with Crippen molar-refractivity contribution in [2.45, 2.75) is 20.0 Å². The van der Waals surface area contributed by atoms with Crippen LogP contribution in [0.4, 0.5) is 4.39 Å². The number of halogens is 1. The molecule has 2 heterocycles. The molecule has 0 unspecified atom stereocenters. The van der Waals surface area contributed by atoms with Gasteiger partial charge >= 0.3 is 11.9 Å². The third-order valence-corrected chi connectivity index (χ3v) is 5.54. The molecule has 0 N–H and O–H groups in total. The summed E-state index contributed by atoms with van der Waals surface area (Å²) in [5.41, 5.74) is 1.34. The van der Waals surface area contributed by atoms with E-state index in [-0.39, 0.29) is 29.9 Å². The number of carbonyl (C=O) groups is 2. The van der Waals surface area contributed by atoms with Gasteiger partial charge in [-0.3, -0.25) is 4.79 Å². The number of aromatic nitrogens is 1. The van der Waals surface area contributed by atoms with Crippen molar-refractivity contribution in [3.63, 3.8) is 0 Å². The smallest absolute Gasteiger partial charge is 0.348 e. The molecular weight excluding hydrogens is 397 g/mol. The molecule has 0 fully saturated rings. The molecule has 148 valence electrons. The predicted octanol–water partition coefficient (Wildman–Crippen LogP) is 4.64. The second kappa shape index (κ2) is 8.00. The van der Waals surface area contributed by atoms with Crippen molar-refractivity contribution >= 4 is 44.3 Å². The van der Waals surface area contributed by atoms with Crippen LogP contribution in [-0.2, 0) is 27.3 Å². The van der Waals surface area contributed by atoms with Gasteiger partial charge in [-0.25, -0.2) is 9.18 Å². The van der Waals surface area contributed by atoms with Crippen molar-refractivity contribution in [1.29, 1.82) is 0 Å². The van der Waals surface area contributed by atoms with E-state index >= 15 is 0 Å². The Morgan fingerprint density at radius 3 is 2.79 bits per heavy atom. The molecule has 0 aliphatic heterocycles. The topological polar surface area (TPSA) is 78.6 Å². The molecule has 0 aliphatic carbocycles. The molecule has 2 aromatic heterocycles. The van der Waals surface area contributed by atoms with Crippen LogP contribution >= 0.6 is 11.3 Å². The monoisotopic (exact) mass is 413 g/mol. The molecule has 0 atom stereocenters. The molecule has 0 bridgehead atoms. The Morgan fingerprint density at radius 1 is 1.14 bits per heavy atom. The maximum Gasteiger partial charge on any atom is 0.348 e. The van der Waals surface area contributed by atoms with Crippen LogP contribution in [0.2, 0.25) is 0 Å². The lowest BCUT2D eigenvalue weighted by atomic mass is 10.1. The lowest BCUT2D eigenvalue weighted by molar-refractivity contribution is -0.144. The van der Waals surface area contributed by atoms with E-state index in [9.17, 15) is 14.0 Å². The molecule has 4 rings (SSSR count). The number of hydrogen-bond donors (Lipinski definition) is 0. The highest BCUT2D eigenvalue weighted by molar-refractivity contribution is 7.21. The maximum atomic E-state index is 14.4. The summed E-state index contributed by atoms with van der Waals surface area (Å²) in [7, 11) is 0. The number of hydrogen-bond acceptors (Lipinski definition) is 7. The molecule has 2 aromatic carbocycles. The number of nitrogens with zero attached hydrogens (tertiary/aromatic N) is 1. The molecule has 8 heteroatoms. The molecule has 0 saturated heterocycles. The minimum Gasteiger partial charge on any atom is -0.462 e. The van der Waals surface area contributed by atoms with E-state index in [0.29, 0.717) is 21.5 Å². The van der Waals surface area contributed by atoms with Crippen LogP contribution in [-0.4, -0.2) is 23.7 Å². The minimum atomic E-state index is -0.568. The van der Waals surface area contributed by atoms with E-state index in [4.69, 9.17) is 14.0 Å². The van der Waals surface area contributed by atoms with E-state index in [0.717, 1.165) is 16.7 Å². The molecule has 0 spiro atoms. The van der Waals surface area contributed by atoms with Crippen molar-refractivity contribution in [1.82, 2.24) is 5.16 Å². The van der Waals surface area contributed by atoms with Crippen LogP contribution in [0.25, 0.3) is 21.1 Å². The van der Waals surface area contributed by atoms with E-state index in [1.165, 1.54) is 6.07 Å². The standard InChI is InChI=1S/C21H16FNO5S/c1-2-26-21(25)20-13(19-14(22)7-5-9-17(19)29-20)11-27-18(24)10-15-12-6-3-4-8-16(12)28-23-15/h3-9H,2,10-11H2,1H3. The summed E-state index contributed by atoms with van der Waals surface area (Å²) in [5, 5.41) is 4.90. The first-order valence-corrected chi connectivity index (χ1v) is 9.76. The van der Waals surface area contributed by atoms with Crippen molar-refractivity contribution in [2.24, 2.45) is 0 Å². The van der Waals surface area contributed by atoms with Crippen LogP contribution in [0.3, 0.4) is 0 Å². The molecule has 6 nitrogen and oxygen atoms in total. The Bertz CT molecular complexity index is 1210. The zero-order valence-electron chi connectivity index (χ0n) is 15.4. The van der Waals surface area contributed by atoms with Gasteiger partial charge in [0.05, 0.1) is 13.0 Å². The zero-order valence-corrected chi connectivity index (χ0v) is 16.3. The predicted molar refractivity (Wildman–Crippen MR) is 105 cm³/mol. The second-order valence-electron chi connectivity index (χ2n) is 6.21. The summed E-state index contributed by atoms with van der Waals surface area (Å²) < 4.78 is 30.6. The van der Waals surface area contributed by atoms with E-state index in [1.807, 2.05) is 12.1 Å². The summed E-state index contributed by atoms with van der Waals surface area (Å²) in [4.78, 5) is 24.9. The number of fused-ring (bicyclic) bond motifs is 2. The average Bonchev–Trinajstić information content (AvgIpc) is 3.29. The van der Waals surface area contributed by atoms with Gasteiger partial charge in [0.2, 0.25) is 0 Å². The molecule has 0 amide bonds. The molecule has 0 aliphatic rings. The summed E-state index contributed by atoms with van der Waals surface area (Å²) in [6, 6.07) is 11.8. The Morgan fingerprint density at radius 2 is 1.97 bits per heavy atom. The fourth-order valence-corrected chi connectivity index (χ4v) is 4.19. The number of thiophene rings is 1. The van der Waals surface area contributed by atoms with Crippen molar-refractivity contribution in [3.05, 3.63) is 64.4 Å². The van der Waals surface area contributed by atoms with Gasteiger partial charge < -0.3 is 14.0 Å². The number of esters is 2. The van der Waals surface area contributed by atoms with E-state index < -0.39 is 17.8 Å². The summed E-state index contributed by atoms with van der Waals surface area (Å²) >= 11 is 1.11. The third-order valence-electron chi connectivity index (χ3n) is 4.37. The Labute approximate surface area is 168 Å². The Balaban J connectivity index is 1.57. The van der Waals surface area contributed by atoms with Crippen LogP contribution in [0.1, 0.15) is 27.9 Å². The largest absolute Gasteiger partial charge is 0.462 e. The second-order valence-corrected chi connectivity index (χ2v) is 7.26. The van der Waals surface area contributed by atoms with E-state index in [2.05, 4.69) is 5.16 Å². The molecule has 4 aromatic rings.